The molecule has 7 nitrogen and oxygen atoms in total. The van der Waals surface area contributed by atoms with Crippen LogP contribution in [0.1, 0.15) is 12.5 Å². The van der Waals surface area contributed by atoms with Crippen LogP contribution in [0.2, 0.25) is 0 Å². The summed E-state index contributed by atoms with van der Waals surface area (Å²) in [6, 6.07) is 10.2. The van der Waals surface area contributed by atoms with Crippen molar-refractivity contribution in [3.63, 3.8) is 0 Å². The molecule has 0 amide bonds. The highest BCUT2D eigenvalue weighted by Crippen LogP contribution is 2.35. The molecule has 0 radical (unpaired) electrons. The maximum Gasteiger partial charge on any atom is 0.243 e. The Hall–Kier alpha value is -2.23. The largest absolute Gasteiger partial charge is 0.490 e. The first-order chi connectivity index (χ1) is 12.6. The number of benzene rings is 2. The molecule has 0 aliphatic carbocycles. The minimum absolute atomic E-state index is 0.137. The molecule has 0 unspecified atom stereocenters. The van der Waals surface area contributed by atoms with Gasteiger partial charge >= 0.3 is 0 Å². The van der Waals surface area contributed by atoms with E-state index in [4.69, 9.17) is 9.47 Å². The first-order valence-corrected chi connectivity index (χ1v) is 10.4. The van der Waals surface area contributed by atoms with Crippen LogP contribution >= 0.6 is 11.7 Å². The summed E-state index contributed by atoms with van der Waals surface area (Å²) in [6.07, 6.45) is 0.529. The normalized spacial score (nSPS) is 16.9. The fourth-order valence-electron chi connectivity index (χ4n) is 3.02. The van der Waals surface area contributed by atoms with Crippen LogP contribution in [0.15, 0.2) is 41.3 Å². The molecule has 4 rings (SSSR count). The Morgan fingerprint density at radius 1 is 1.27 bits per heavy atom. The number of rotatable bonds is 5. The Morgan fingerprint density at radius 3 is 2.96 bits per heavy atom. The van der Waals surface area contributed by atoms with Gasteiger partial charge < -0.3 is 9.47 Å². The maximum absolute atomic E-state index is 12.8. The number of hydrogen-bond acceptors (Lipinski definition) is 7. The average Bonchev–Trinajstić information content (AvgIpc) is 3.10. The van der Waals surface area contributed by atoms with E-state index < -0.39 is 10.0 Å². The van der Waals surface area contributed by atoms with Gasteiger partial charge in [0.2, 0.25) is 10.0 Å². The van der Waals surface area contributed by atoms with Crippen molar-refractivity contribution < 1.29 is 17.9 Å². The third-order valence-corrected chi connectivity index (χ3v) is 6.21. The van der Waals surface area contributed by atoms with Gasteiger partial charge in [0, 0.05) is 0 Å². The van der Waals surface area contributed by atoms with E-state index >= 15 is 0 Å². The molecule has 26 heavy (non-hydrogen) atoms. The van der Waals surface area contributed by atoms with E-state index in [-0.39, 0.29) is 17.5 Å². The van der Waals surface area contributed by atoms with Crippen molar-refractivity contribution in [2.75, 3.05) is 13.2 Å². The van der Waals surface area contributed by atoms with Crippen LogP contribution in [-0.4, -0.2) is 36.4 Å². The van der Waals surface area contributed by atoms with E-state index in [1.807, 2.05) is 25.1 Å². The summed E-state index contributed by atoms with van der Waals surface area (Å²) in [5, 5.41) is 0. The van der Waals surface area contributed by atoms with Gasteiger partial charge in [0.15, 0.2) is 11.5 Å². The zero-order chi connectivity index (χ0) is 18.1. The molecular weight excluding hydrogens is 374 g/mol. The number of aromatic nitrogens is 2. The monoisotopic (exact) mass is 391 g/mol. The molecule has 1 aliphatic rings. The molecule has 3 aromatic rings. The van der Waals surface area contributed by atoms with Crippen LogP contribution in [0.5, 0.6) is 11.5 Å². The number of fused-ring (bicyclic) bond motifs is 2. The molecule has 2 heterocycles. The van der Waals surface area contributed by atoms with Gasteiger partial charge in [0.25, 0.3) is 0 Å². The van der Waals surface area contributed by atoms with Crippen molar-refractivity contribution >= 4 is 32.8 Å². The zero-order valence-corrected chi connectivity index (χ0v) is 15.6. The highest BCUT2D eigenvalue weighted by molar-refractivity contribution is 7.89. The third kappa shape index (κ3) is 3.13. The van der Waals surface area contributed by atoms with Crippen molar-refractivity contribution in [3.8, 4) is 11.5 Å². The SMILES string of the molecule is CCOc1cccc2c1OC[C@H](NS(=O)(=O)c1cccc3nsnc13)C2. The second-order valence-electron chi connectivity index (χ2n) is 5.90. The van der Waals surface area contributed by atoms with Gasteiger partial charge in [0.1, 0.15) is 22.5 Å². The molecular formula is C17H17N3O4S2. The van der Waals surface area contributed by atoms with Gasteiger partial charge in [-0.25, -0.2) is 13.1 Å². The Labute approximate surface area is 155 Å². The van der Waals surface area contributed by atoms with Crippen molar-refractivity contribution in [2.45, 2.75) is 24.3 Å². The molecule has 1 aromatic heterocycles. The molecule has 2 aromatic carbocycles. The fourth-order valence-corrected chi connectivity index (χ4v) is 5.01. The quantitative estimate of drug-likeness (QED) is 0.718. The summed E-state index contributed by atoms with van der Waals surface area (Å²) < 4.78 is 48.0. The predicted octanol–water partition coefficient (Wildman–Crippen LogP) is 2.37. The van der Waals surface area contributed by atoms with Crippen molar-refractivity contribution in [2.24, 2.45) is 0 Å². The fraction of sp³-hybridized carbons (Fsp3) is 0.294. The second-order valence-corrected chi connectivity index (χ2v) is 8.11. The molecule has 0 fully saturated rings. The average molecular weight is 391 g/mol. The second kappa shape index (κ2) is 6.82. The van der Waals surface area contributed by atoms with Gasteiger partial charge in [-0.05, 0) is 37.1 Å². The maximum atomic E-state index is 12.8. The van der Waals surface area contributed by atoms with E-state index in [1.54, 1.807) is 12.1 Å². The lowest BCUT2D eigenvalue weighted by atomic mass is 10.0. The number of para-hydroxylation sites is 1. The minimum Gasteiger partial charge on any atom is -0.490 e. The number of hydrogen-bond donors (Lipinski definition) is 1. The van der Waals surface area contributed by atoms with Gasteiger partial charge in [0.05, 0.1) is 24.4 Å². The van der Waals surface area contributed by atoms with Gasteiger partial charge in [-0.3, -0.25) is 0 Å². The molecule has 9 heteroatoms. The van der Waals surface area contributed by atoms with Crippen molar-refractivity contribution in [1.29, 1.82) is 0 Å². The van der Waals surface area contributed by atoms with Crippen molar-refractivity contribution in [1.82, 2.24) is 13.5 Å². The number of ether oxygens (including phenoxy) is 2. The molecule has 1 aliphatic heterocycles. The van der Waals surface area contributed by atoms with Gasteiger partial charge in [-0.15, -0.1) is 0 Å². The third-order valence-electron chi connectivity index (χ3n) is 4.12. The lowest BCUT2D eigenvalue weighted by Crippen LogP contribution is -2.42. The van der Waals surface area contributed by atoms with Gasteiger partial charge in [-0.2, -0.15) is 8.75 Å². The lowest BCUT2D eigenvalue weighted by molar-refractivity contribution is 0.233. The number of nitrogens with one attached hydrogen (secondary N) is 1. The topological polar surface area (TPSA) is 90.4 Å². The minimum atomic E-state index is -3.74. The standard InChI is InChI=1S/C17H17N3O4S2/c1-2-23-14-7-3-5-11-9-12(10-24-17(11)14)20-26(21,22)15-8-4-6-13-16(15)19-25-18-13/h3-8,12,20H,2,9-10H2,1H3/t12-/m1/s1. The van der Waals surface area contributed by atoms with Crippen LogP contribution in [-0.2, 0) is 16.4 Å². The number of nitrogens with zero attached hydrogens (tertiary/aromatic N) is 2. The molecule has 0 saturated carbocycles. The van der Waals surface area contributed by atoms with Gasteiger partial charge in [-0.1, -0.05) is 18.2 Å². The zero-order valence-electron chi connectivity index (χ0n) is 14.0. The lowest BCUT2D eigenvalue weighted by Gasteiger charge is -2.27. The molecule has 0 saturated heterocycles. The Balaban J connectivity index is 1.59. The Bertz CT molecular complexity index is 1050. The molecule has 0 spiro atoms. The Kier molecular flexibility index (Phi) is 4.51. The van der Waals surface area contributed by atoms with E-state index in [1.165, 1.54) is 6.07 Å². The highest BCUT2D eigenvalue weighted by Gasteiger charge is 2.28. The predicted molar refractivity (Wildman–Crippen MR) is 98.3 cm³/mol. The molecule has 0 bridgehead atoms. The molecule has 1 N–H and O–H groups in total. The highest BCUT2D eigenvalue weighted by atomic mass is 32.2. The summed E-state index contributed by atoms with van der Waals surface area (Å²) in [6.45, 7) is 2.69. The smallest absolute Gasteiger partial charge is 0.243 e. The van der Waals surface area contributed by atoms with E-state index in [0.717, 1.165) is 17.3 Å². The summed E-state index contributed by atoms with van der Waals surface area (Å²) in [7, 11) is -3.74. The summed E-state index contributed by atoms with van der Waals surface area (Å²) >= 11 is 0.995. The summed E-state index contributed by atoms with van der Waals surface area (Å²) in [5.74, 6) is 1.38. The molecule has 1 atom stereocenters. The number of sulfonamides is 1. The Morgan fingerprint density at radius 2 is 2.12 bits per heavy atom. The van der Waals surface area contributed by atoms with E-state index in [2.05, 4.69) is 13.5 Å². The van der Waals surface area contributed by atoms with Crippen LogP contribution in [0.4, 0.5) is 0 Å². The first kappa shape index (κ1) is 17.2. The van der Waals surface area contributed by atoms with Crippen molar-refractivity contribution in [3.05, 3.63) is 42.0 Å². The first-order valence-electron chi connectivity index (χ1n) is 8.19. The molecule has 136 valence electrons. The van der Waals surface area contributed by atoms with Crippen LogP contribution in [0.3, 0.4) is 0 Å². The van der Waals surface area contributed by atoms with Crippen LogP contribution in [0.25, 0.3) is 11.0 Å². The van der Waals surface area contributed by atoms with E-state index in [0.29, 0.717) is 35.6 Å². The van der Waals surface area contributed by atoms with Crippen LogP contribution < -0.4 is 14.2 Å². The van der Waals surface area contributed by atoms with Crippen LogP contribution in [0, 0.1) is 0 Å². The summed E-state index contributed by atoms with van der Waals surface area (Å²) in [4.78, 5) is 0.137. The van der Waals surface area contributed by atoms with E-state index in [9.17, 15) is 8.42 Å². The summed E-state index contributed by atoms with van der Waals surface area (Å²) in [5.41, 5.74) is 1.88.